The van der Waals surface area contributed by atoms with Crippen molar-refractivity contribution in [1.29, 1.82) is 5.26 Å². The van der Waals surface area contributed by atoms with E-state index >= 15 is 0 Å². The number of carbonyl (C=O) groups is 1. The van der Waals surface area contributed by atoms with E-state index in [9.17, 15) is 4.79 Å². The molecule has 0 N–H and O–H groups in total. The summed E-state index contributed by atoms with van der Waals surface area (Å²) >= 11 is 0. The molecule has 0 spiro atoms. The van der Waals surface area contributed by atoms with Crippen LogP contribution in [0.2, 0.25) is 0 Å². The average molecular weight is 321 g/mol. The molecule has 2 aromatic carbocycles. The Morgan fingerprint density at radius 2 is 1.71 bits per heavy atom. The lowest BCUT2D eigenvalue weighted by molar-refractivity contribution is -0.141. The number of rotatable bonds is 5. The largest absolute Gasteiger partial charge is 0.497 e. The monoisotopic (exact) mass is 321 g/mol. The minimum Gasteiger partial charge on any atom is -0.497 e. The molecule has 0 saturated carbocycles. The van der Waals surface area contributed by atoms with Crippen molar-refractivity contribution in [3.05, 3.63) is 65.2 Å². The van der Waals surface area contributed by atoms with Gasteiger partial charge in [0.2, 0.25) is 0 Å². The summed E-state index contributed by atoms with van der Waals surface area (Å²) in [6, 6.07) is 17.4. The fraction of sp³-hybridized carbons (Fsp3) is 0.300. The maximum absolute atomic E-state index is 12.1. The predicted octanol–water partition coefficient (Wildman–Crippen LogP) is 3.14. The van der Waals surface area contributed by atoms with Crippen LogP contribution >= 0.6 is 0 Å². The number of carbonyl (C=O) groups excluding carboxylic acids is 1. The van der Waals surface area contributed by atoms with Crippen molar-refractivity contribution < 1.29 is 14.3 Å². The van der Waals surface area contributed by atoms with Crippen molar-refractivity contribution in [2.24, 2.45) is 11.8 Å². The smallest absolute Gasteiger partial charge is 0.309 e. The molecule has 2 atom stereocenters. The molecule has 1 aliphatic heterocycles. The lowest BCUT2D eigenvalue weighted by atomic mass is 9.85. The Labute approximate surface area is 141 Å². The van der Waals surface area contributed by atoms with E-state index in [2.05, 4.69) is 6.07 Å². The molecule has 0 aromatic heterocycles. The maximum Gasteiger partial charge on any atom is 0.309 e. The zero-order chi connectivity index (χ0) is 16.9. The maximum atomic E-state index is 12.1. The average Bonchev–Trinajstić information content (AvgIpc) is 2.96. The van der Waals surface area contributed by atoms with E-state index < -0.39 is 0 Å². The Morgan fingerprint density at radius 3 is 2.33 bits per heavy atom. The topological polar surface area (TPSA) is 59.3 Å². The number of esters is 1. The Bertz CT molecular complexity index is 744. The van der Waals surface area contributed by atoms with E-state index in [1.807, 2.05) is 36.4 Å². The fourth-order valence-electron chi connectivity index (χ4n) is 3.09. The van der Waals surface area contributed by atoms with Crippen LogP contribution in [-0.4, -0.2) is 19.7 Å². The molecule has 0 aliphatic carbocycles. The molecule has 1 aliphatic rings. The first-order valence-electron chi connectivity index (χ1n) is 7.98. The first kappa shape index (κ1) is 16.1. The standard InChI is InChI=1S/C20H19NO3/c1-23-18-8-6-14(7-9-18)10-17-13-24-20(22)19(17)11-15-2-4-16(12-21)5-3-15/h2-9,17,19H,10-11,13H2,1H3. The second-order valence-electron chi connectivity index (χ2n) is 6.06. The number of hydrogen-bond donors (Lipinski definition) is 0. The molecule has 4 nitrogen and oxygen atoms in total. The summed E-state index contributed by atoms with van der Waals surface area (Å²) in [4.78, 5) is 12.1. The second-order valence-corrected chi connectivity index (χ2v) is 6.06. The quantitative estimate of drug-likeness (QED) is 0.794. The Hall–Kier alpha value is -2.80. The molecule has 2 aromatic rings. The zero-order valence-corrected chi connectivity index (χ0v) is 13.6. The van der Waals surface area contributed by atoms with Gasteiger partial charge in [0.15, 0.2) is 0 Å². The predicted molar refractivity (Wildman–Crippen MR) is 89.5 cm³/mol. The summed E-state index contributed by atoms with van der Waals surface area (Å²) in [7, 11) is 1.64. The van der Waals surface area contributed by atoms with E-state index in [0.29, 0.717) is 18.6 Å². The SMILES string of the molecule is COc1ccc(CC2COC(=O)C2Cc2ccc(C#N)cc2)cc1. The molecule has 1 heterocycles. The van der Waals surface area contributed by atoms with Gasteiger partial charge in [-0.3, -0.25) is 4.79 Å². The van der Waals surface area contributed by atoms with Crippen LogP contribution in [-0.2, 0) is 22.4 Å². The number of cyclic esters (lactones) is 1. The van der Waals surface area contributed by atoms with Gasteiger partial charge in [0, 0.05) is 5.92 Å². The fourth-order valence-corrected chi connectivity index (χ4v) is 3.09. The highest BCUT2D eigenvalue weighted by atomic mass is 16.5. The lowest BCUT2D eigenvalue weighted by Gasteiger charge is -2.15. The van der Waals surface area contributed by atoms with Gasteiger partial charge >= 0.3 is 5.97 Å². The van der Waals surface area contributed by atoms with Crippen LogP contribution in [0.25, 0.3) is 0 Å². The van der Waals surface area contributed by atoms with Gasteiger partial charge in [0.1, 0.15) is 5.75 Å². The lowest BCUT2D eigenvalue weighted by Crippen LogP contribution is -2.20. The minimum absolute atomic E-state index is 0.127. The summed E-state index contributed by atoms with van der Waals surface area (Å²) < 4.78 is 10.5. The number of ether oxygens (including phenoxy) is 2. The van der Waals surface area contributed by atoms with Crippen molar-refractivity contribution in [1.82, 2.24) is 0 Å². The van der Waals surface area contributed by atoms with Crippen LogP contribution in [0.5, 0.6) is 5.75 Å². The van der Waals surface area contributed by atoms with Crippen LogP contribution < -0.4 is 4.74 Å². The van der Waals surface area contributed by atoms with Gasteiger partial charge in [-0.1, -0.05) is 24.3 Å². The number of methoxy groups -OCH3 is 1. The van der Waals surface area contributed by atoms with Gasteiger partial charge in [-0.2, -0.15) is 5.26 Å². The number of hydrogen-bond acceptors (Lipinski definition) is 4. The Kier molecular flexibility index (Phi) is 4.81. The van der Waals surface area contributed by atoms with E-state index in [4.69, 9.17) is 14.7 Å². The number of nitriles is 1. The highest BCUT2D eigenvalue weighted by Gasteiger charge is 2.36. The van der Waals surface area contributed by atoms with Gasteiger partial charge < -0.3 is 9.47 Å². The molecule has 1 saturated heterocycles. The van der Waals surface area contributed by atoms with Crippen molar-refractivity contribution in [3.63, 3.8) is 0 Å². The summed E-state index contributed by atoms with van der Waals surface area (Å²) in [6.45, 7) is 0.464. The summed E-state index contributed by atoms with van der Waals surface area (Å²) in [5.41, 5.74) is 2.85. The molecule has 3 rings (SSSR count). The highest BCUT2D eigenvalue weighted by molar-refractivity contribution is 5.75. The molecule has 122 valence electrons. The van der Waals surface area contributed by atoms with Crippen molar-refractivity contribution >= 4 is 5.97 Å². The molecule has 24 heavy (non-hydrogen) atoms. The van der Waals surface area contributed by atoms with Crippen molar-refractivity contribution in [2.45, 2.75) is 12.8 Å². The molecule has 0 radical (unpaired) electrons. The van der Waals surface area contributed by atoms with Crippen LogP contribution in [0.3, 0.4) is 0 Å². The second kappa shape index (κ2) is 7.18. The van der Waals surface area contributed by atoms with Gasteiger partial charge in [0.25, 0.3) is 0 Å². The molecular weight excluding hydrogens is 302 g/mol. The number of benzene rings is 2. The molecule has 1 fully saturated rings. The third-order valence-corrected chi connectivity index (χ3v) is 4.51. The van der Waals surface area contributed by atoms with E-state index in [-0.39, 0.29) is 17.8 Å². The van der Waals surface area contributed by atoms with E-state index in [1.54, 1.807) is 19.2 Å². The third kappa shape index (κ3) is 3.57. The van der Waals surface area contributed by atoms with Crippen molar-refractivity contribution in [2.75, 3.05) is 13.7 Å². The van der Waals surface area contributed by atoms with Gasteiger partial charge in [0.05, 0.1) is 31.3 Å². The summed E-state index contributed by atoms with van der Waals surface area (Å²) in [5, 5.41) is 8.87. The minimum atomic E-state index is -0.139. The highest BCUT2D eigenvalue weighted by Crippen LogP contribution is 2.29. The summed E-state index contributed by atoms with van der Waals surface area (Å²) in [6.07, 6.45) is 1.45. The first-order chi connectivity index (χ1) is 11.7. The third-order valence-electron chi connectivity index (χ3n) is 4.51. The van der Waals surface area contributed by atoms with Gasteiger partial charge in [-0.25, -0.2) is 0 Å². The van der Waals surface area contributed by atoms with Crippen LogP contribution in [0, 0.1) is 23.2 Å². The molecule has 0 bridgehead atoms. The molecular formula is C20H19NO3. The zero-order valence-electron chi connectivity index (χ0n) is 13.6. The van der Waals surface area contributed by atoms with E-state index in [1.165, 1.54) is 5.56 Å². The van der Waals surface area contributed by atoms with Crippen LogP contribution in [0.4, 0.5) is 0 Å². The first-order valence-corrected chi connectivity index (χ1v) is 7.98. The Morgan fingerprint density at radius 1 is 1.08 bits per heavy atom. The van der Waals surface area contributed by atoms with Gasteiger partial charge in [-0.05, 0) is 48.2 Å². The van der Waals surface area contributed by atoms with E-state index in [0.717, 1.165) is 17.7 Å². The van der Waals surface area contributed by atoms with Crippen LogP contribution in [0.1, 0.15) is 16.7 Å². The summed E-state index contributed by atoms with van der Waals surface area (Å²) in [5.74, 6) is 0.728. The number of nitrogens with zero attached hydrogens (tertiary/aromatic N) is 1. The van der Waals surface area contributed by atoms with Gasteiger partial charge in [-0.15, -0.1) is 0 Å². The Balaban J connectivity index is 1.70. The molecule has 4 heteroatoms. The van der Waals surface area contributed by atoms with Crippen molar-refractivity contribution in [3.8, 4) is 11.8 Å². The molecule has 2 unspecified atom stereocenters. The normalized spacial score (nSPS) is 19.6. The molecule has 0 amide bonds. The van der Waals surface area contributed by atoms with Crippen LogP contribution in [0.15, 0.2) is 48.5 Å².